The standard InChI is InChI=1S/C25H28ClN3O8S/c1-15(2)35-20-11-8-17(12-19(20)26)23-27-24(37-28-23)16-6-9-18(10-7-16)38(33,34)29(13-21(30)31)14-22(32)36-25(3,4)5/h6-12,15H,13-14H2,1-5H3,(H,30,31). The number of sulfonamides is 1. The van der Waals surface area contributed by atoms with Crippen LogP contribution in [0.3, 0.4) is 0 Å². The molecule has 1 aromatic heterocycles. The summed E-state index contributed by atoms with van der Waals surface area (Å²) in [6.07, 6.45) is -0.0459. The summed E-state index contributed by atoms with van der Waals surface area (Å²) in [6.45, 7) is 6.95. The number of carbonyl (C=O) groups excluding carboxylic acids is 1. The largest absolute Gasteiger partial charge is 0.489 e. The van der Waals surface area contributed by atoms with Gasteiger partial charge in [-0.1, -0.05) is 16.8 Å². The molecule has 0 aliphatic carbocycles. The number of aliphatic carboxylic acids is 1. The molecule has 0 aliphatic rings. The Morgan fingerprint density at radius 1 is 1.08 bits per heavy atom. The molecule has 0 spiro atoms. The van der Waals surface area contributed by atoms with E-state index in [0.717, 1.165) is 0 Å². The summed E-state index contributed by atoms with van der Waals surface area (Å²) < 4.78 is 42.9. The van der Waals surface area contributed by atoms with Gasteiger partial charge in [0.1, 0.15) is 24.4 Å². The molecule has 204 valence electrons. The van der Waals surface area contributed by atoms with Crippen molar-refractivity contribution in [2.24, 2.45) is 0 Å². The molecule has 3 rings (SSSR count). The van der Waals surface area contributed by atoms with Crippen molar-refractivity contribution in [2.75, 3.05) is 13.1 Å². The van der Waals surface area contributed by atoms with E-state index in [9.17, 15) is 23.1 Å². The van der Waals surface area contributed by atoms with Crippen molar-refractivity contribution in [3.8, 4) is 28.6 Å². The van der Waals surface area contributed by atoms with Crippen molar-refractivity contribution < 1.29 is 37.1 Å². The normalized spacial score (nSPS) is 12.1. The molecule has 0 amide bonds. The van der Waals surface area contributed by atoms with E-state index in [2.05, 4.69) is 10.1 Å². The molecule has 0 atom stereocenters. The Hall–Kier alpha value is -3.48. The third-order valence-corrected chi connectivity index (χ3v) is 6.86. The highest BCUT2D eigenvalue weighted by Crippen LogP contribution is 2.31. The Labute approximate surface area is 225 Å². The van der Waals surface area contributed by atoms with Crippen molar-refractivity contribution in [1.29, 1.82) is 0 Å². The topological polar surface area (TPSA) is 149 Å². The molecule has 1 heterocycles. The van der Waals surface area contributed by atoms with Crippen LogP contribution in [0.4, 0.5) is 0 Å². The van der Waals surface area contributed by atoms with Crippen LogP contribution in [0.2, 0.25) is 5.02 Å². The van der Waals surface area contributed by atoms with Crippen LogP contribution in [0.1, 0.15) is 34.6 Å². The number of halogens is 1. The van der Waals surface area contributed by atoms with Gasteiger partial charge in [0.2, 0.25) is 15.8 Å². The number of hydrogen-bond acceptors (Lipinski definition) is 9. The smallest absolute Gasteiger partial charge is 0.321 e. The number of carbonyl (C=O) groups is 2. The predicted molar refractivity (Wildman–Crippen MR) is 138 cm³/mol. The maximum atomic E-state index is 13.1. The lowest BCUT2D eigenvalue weighted by atomic mass is 10.2. The Kier molecular flexibility index (Phi) is 8.80. The Morgan fingerprint density at radius 3 is 2.26 bits per heavy atom. The van der Waals surface area contributed by atoms with Gasteiger partial charge in [0.05, 0.1) is 16.0 Å². The molecular weight excluding hydrogens is 538 g/mol. The van der Waals surface area contributed by atoms with E-state index in [1.165, 1.54) is 24.3 Å². The fourth-order valence-corrected chi connectivity index (χ4v) is 4.82. The molecule has 0 bridgehead atoms. The third-order valence-electron chi connectivity index (χ3n) is 4.75. The van der Waals surface area contributed by atoms with Gasteiger partial charge in [-0.05, 0) is 77.1 Å². The summed E-state index contributed by atoms with van der Waals surface area (Å²) in [5.74, 6) is -1.38. The Balaban J connectivity index is 1.82. The summed E-state index contributed by atoms with van der Waals surface area (Å²) in [4.78, 5) is 27.6. The molecule has 2 aromatic carbocycles. The van der Waals surface area contributed by atoms with Crippen molar-refractivity contribution in [3.63, 3.8) is 0 Å². The van der Waals surface area contributed by atoms with Crippen LogP contribution in [0.15, 0.2) is 51.9 Å². The first-order chi connectivity index (χ1) is 17.7. The van der Waals surface area contributed by atoms with Crippen LogP contribution in [0.5, 0.6) is 5.75 Å². The van der Waals surface area contributed by atoms with Gasteiger partial charge >= 0.3 is 11.9 Å². The van der Waals surface area contributed by atoms with Crippen LogP contribution in [0.25, 0.3) is 22.8 Å². The van der Waals surface area contributed by atoms with Gasteiger partial charge in [-0.15, -0.1) is 0 Å². The molecule has 0 saturated heterocycles. The number of aromatic nitrogens is 2. The van der Waals surface area contributed by atoms with Crippen molar-refractivity contribution in [2.45, 2.75) is 51.2 Å². The zero-order valence-corrected chi connectivity index (χ0v) is 23.0. The van der Waals surface area contributed by atoms with Crippen LogP contribution in [0, 0.1) is 0 Å². The molecule has 0 fully saturated rings. The average Bonchev–Trinajstić information content (AvgIpc) is 3.28. The molecule has 0 radical (unpaired) electrons. The fourth-order valence-electron chi connectivity index (χ4n) is 3.26. The molecule has 0 aliphatic heterocycles. The summed E-state index contributed by atoms with van der Waals surface area (Å²) in [5.41, 5.74) is 0.146. The van der Waals surface area contributed by atoms with E-state index < -0.39 is 40.7 Å². The van der Waals surface area contributed by atoms with E-state index in [4.69, 9.17) is 25.6 Å². The number of benzene rings is 2. The minimum absolute atomic E-state index is 0.0459. The quantitative estimate of drug-likeness (QED) is 0.353. The molecule has 11 nitrogen and oxygen atoms in total. The monoisotopic (exact) mass is 565 g/mol. The number of carboxylic acid groups (broad SMARTS) is 1. The molecular formula is C25H28ClN3O8S. The highest BCUT2D eigenvalue weighted by molar-refractivity contribution is 7.89. The van der Waals surface area contributed by atoms with Gasteiger partial charge in [0.25, 0.3) is 5.89 Å². The third kappa shape index (κ3) is 7.53. The van der Waals surface area contributed by atoms with Crippen molar-refractivity contribution in [1.82, 2.24) is 14.4 Å². The van der Waals surface area contributed by atoms with E-state index in [1.807, 2.05) is 13.8 Å². The number of esters is 1. The van der Waals surface area contributed by atoms with Gasteiger partial charge < -0.3 is 19.1 Å². The first-order valence-corrected chi connectivity index (χ1v) is 13.3. The SMILES string of the molecule is CC(C)Oc1ccc(-c2noc(-c3ccc(S(=O)(=O)N(CC(=O)O)CC(=O)OC(C)(C)C)cc3)n2)cc1Cl. The lowest BCUT2D eigenvalue weighted by Crippen LogP contribution is -2.41. The minimum atomic E-state index is -4.34. The van der Waals surface area contributed by atoms with E-state index >= 15 is 0 Å². The highest BCUT2D eigenvalue weighted by atomic mass is 35.5. The molecule has 13 heteroatoms. The van der Waals surface area contributed by atoms with Gasteiger partial charge in [0, 0.05) is 11.1 Å². The first-order valence-electron chi connectivity index (χ1n) is 11.5. The number of carboxylic acids is 1. The molecule has 0 unspecified atom stereocenters. The molecule has 1 N–H and O–H groups in total. The fraction of sp³-hybridized carbons (Fsp3) is 0.360. The second-order valence-corrected chi connectivity index (χ2v) is 11.9. The maximum absolute atomic E-state index is 13.1. The minimum Gasteiger partial charge on any atom is -0.489 e. The van der Waals surface area contributed by atoms with Crippen molar-refractivity contribution >= 4 is 33.6 Å². The Morgan fingerprint density at radius 2 is 1.71 bits per heavy atom. The highest BCUT2D eigenvalue weighted by Gasteiger charge is 2.30. The predicted octanol–water partition coefficient (Wildman–Crippen LogP) is 4.26. The Bertz CT molecular complexity index is 1410. The van der Waals surface area contributed by atoms with Crippen LogP contribution >= 0.6 is 11.6 Å². The summed E-state index contributed by atoms with van der Waals surface area (Å²) in [5, 5.41) is 13.5. The summed E-state index contributed by atoms with van der Waals surface area (Å²) >= 11 is 6.29. The van der Waals surface area contributed by atoms with Gasteiger partial charge in [-0.25, -0.2) is 8.42 Å². The zero-order valence-electron chi connectivity index (χ0n) is 21.5. The van der Waals surface area contributed by atoms with E-state index in [1.54, 1.807) is 39.0 Å². The van der Waals surface area contributed by atoms with Crippen molar-refractivity contribution in [3.05, 3.63) is 47.5 Å². The maximum Gasteiger partial charge on any atom is 0.321 e. The molecule has 38 heavy (non-hydrogen) atoms. The van der Waals surface area contributed by atoms with Gasteiger partial charge in [-0.3, -0.25) is 9.59 Å². The van der Waals surface area contributed by atoms with E-state index in [-0.39, 0.29) is 22.7 Å². The zero-order chi connectivity index (χ0) is 28.3. The van der Waals surface area contributed by atoms with Crippen LogP contribution < -0.4 is 4.74 Å². The second-order valence-electron chi connectivity index (χ2n) is 9.51. The van der Waals surface area contributed by atoms with Gasteiger partial charge in [0.15, 0.2) is 0 Å². The summed E-state index contributed by atoms with van der Waals surface area (Å²) in [7, 11) is -4.34. The summed E-state index contributed by atoms with van der Waals surface area (Å²) in [6, 6.07) is 10.5. The second kappa shape index (κ2) is 11.5. The van der Waals surface area contributed by atoms with Crippen LogP contribution in [-0.2, 0) is 24.3 Å². The van der Waals surface area contributed by atoms with Gasteiger partial charge in [-0.2, -0.15) is 9.29 Å². The lowest BCUT2D eigenvalue weighted by Gasteiger charge is -2.23. The number of nitrogens with zero attached hydrogens (tertiary/aromatic N) is 3. The number of hydrogen-bond donors (Lipinski definition) is 1. The molecule has 0 saturated carbocycles. The lowest BCUT2D eigenvalue weighted by molar-refractivity contribution is -0.155. The number of rotatable bonds is 10. The first kappa shape index (κ1) is 29.1. The molecule has 3 aromatic rings. The number of ether oxygens (including phenoxy) is 2. The van der Waals surface area contributed by atoms with E-state index in [0.29, 0.717) is 26.2 Å². The van der Waals surface area contributed by atoms with Crippen LogP contribution in [-0.4, -0.2) is 64.7 Å². The average molecular weight is 566 g/mol.